The molecule has 0 aromatic rings. The molecule has 0 spiro atoms. The van der Waals surface area contributed by atoms with E-state index in [1.807, 2.05) is 21.1 Å². The number of ether oxygens (including phenoxy) is 4. The van der Waals surface area contributed by atoms with Gasteiger partial charge in [0.05, 0.1) is 40.3 Å². The molecule has 0 heterocycles. The highest BCUT2D eigenvalue weighted by atomic mass is 16.7. The van der Waals surface area contributed by atoms with Gasteiger partial charge in [-0.25, -0.2) is 0 Å². The lowest BCUT2D eigenvalue weighted by atomic mass is 10.0. The Labute approximate surface area is 580 Å². The molecule has 0 rings (SSSR count). The molecule has 94 heavy (non-hydrogen) atoms. The summed E-state index contributed by atoms with van der Waals surface area (Å²) < 4.78 is 22.8. The van der Waals surface area contributed by atoms with Crippen LogP contribution < -0.4 is 5.11 Å². The number of allylic oxidation sites excluding steroid dienone is 20. The number of carbonyl (C=O) groups excluding carboxylic acids is 3. The summed E-state index contributed by atoms with van der Waals surface area (Å²) in [5.74, 6) is -2.34. The van der Waals surface area contributed by atoms with E-state index in [2.05, 4.69) is 135 Å². The van der Waals surface area contributed by atoms with Gasteiger partial charge in [-0.3, -0.25) is 9.59 Å². The summed E-state index contributed by atoms with van der Waals surface area (Å²) in [6, 6.07) is 0. The maximum atomic E-state index is 12.9. The molecule has 0 aliphatic carbocycles. The van der Waals surface area contributed by atoms with Crippen LogP contribution in [0.5, 0.6) is 0 Å². The third-order valence-corrected chi connectivity index (χ3v) is 17.0. The summed E-state index contributed by atoms with van der Waals surface area (Å²) in [4.78, 5) is 37.5. The molecule has 0 amide bonds. The predicted molar refractivity (Wildman–Crippen MR) is 403 cm³/mol. The third kappa shape index (κ3) is 75.1. The minimum Gasteiger partial charge on any atom is -0.545 e. The Kier molecular flexibility index (Phi) is 71.1. The van der Waals surface area contributed by atoms with Crippen LogP contribution in [-0.4, -0.2) is 82.3 Å². The van der Waals surface area contributed by atoms with Crippen LogP contribution in [0, 0.1) is 0 Å². The van der Waals surface area contributed by atoms with Crippen molar-refractivity contribution in [2.45, 2.75) is 354 Å². The van der Waals surface area contributed by atoms with Crippen LogP contribution in [0.4, 0.5) is 0 Å². The van der Waals surface area contributed by atoms with E-state index in [0.29, 0.717) is 17.4 Å². The third-order valence-electron chi connectivity index (χ3n) is 17.0. The number of carbonyl (C=O) groups is 3. The lowest BCUT2D eigenvalue weighted by Crippen LogP contribution is -2.44. The quantitative estimate of drug-likeness (QED) is 0.0195. The Hall–Kier alpha value is -4.31. The zero-order valence-electron chi connectivity index (χ0n) is 61.8. The molecule has 0 N–H and O–H groups in total. The molecule has 0 aromatic heterocycles. The smallest absolute Gasteiger partial charge is 0.306 e. The van der Waals surface area contributed by atoms with Crippen LogP contribution in [0.3, 0.4) is 0 Å². The number of carboxylic acid groups (broad SMARTS) is 1. The topological polar surface area (TPSA) is 111 Å². The Bertz CT molecular complexity index is 1960. The molecule has 0 fully saturated rings. The van der Waals surface area contributed by atoms with E-state index in [9.17, 15) is 19.5 Å². The molecule has 2 unspecified atom stereocenters. The van der Waals surface area contributed by atoms with Gasteiger partial charge in [-0.05, 0) is 89.9 Å². The number of carboxylic acids is 1. The molecule has 0 aliphatic heterocycles. The lowest BCUT2D eigenvalue weighted by molar-refractivity contribution is -0.870. The second kappa shape index (κ2) is 74.5. The van der Waals surface area contributed by atoms with Crippen LogP contribution in [-0.2, 0) is 33.3 Å². The fraction of sp³-hybridized carbons (Fsp3) is 0.729. The molecule has 2 atom stereocenters. The number of quaternary nitrogens is 1. The van der Waals surface area contributed by atoms with Gasteiger partial charge in [0.15, 0.2) is 12.4 Å². The number of aliphatic carboxylic acids is 1. The maximum absolute atomic E-state index is 12.9. The summed E-state index contributed by atoms with van der Waals surface area (Å²) >= 11 is 0. The van der Waals surface area contributed by atoms with E-state index in [1.165, 1.54) is 212 Å². The normalized spacial score (nSPS) is 13.3. The van der Waals surface area contributed by atoms with Crippen molar-refractivity contribution in [1.82, 2.24) is 0 Å². The Morgan fingerprint density at radius 2 is 0.606 bits per heavy atom. The SMILES string of the molecule is CC/C=C\C/C=C\C/C=C\C/C=C\C/C=C\C/C=C\C/C=C\C/C=C\C/C=C\C/C=C\CCCCC(=O)OC(COC(=O)CCCCCCCCCCCCCCCCCCCCCCCCCCCCCCCCCCCCCC)COC(OCC[N+](C)(C)C)C(=O)[O-]. The molecule has 9 heteroatoms. The van der Waals surface area contributed by atoms with Crippen molar-refractivity contribution in [3.8, 4) is 0 Å². The van der Waals surface area contributed by atoms with Crippen LogP contribution in [0.1, 0.15) is 341 Å². The Morgan fingerprint density at radius 1 is 0.330 bits per heavy atom. The van der Waals surface area contributed by atoms with Crippen LogP contribution in [0.25, 0.3) is 0 Å². The molecular weight excluding hydrogens is 1160 g/mol. The molecule has 0 bridgehead atoms. The highest BCUT2D eigenvalue weighted by molar-refractivity contribution is 5.70. The van der Waals surface area contributed by atoms with Crippen LogP contribution in [0.15, 0.2) is 122 Å². The van der Waals surface area contributed by atoms with Gasteiger partial charge in [-0.15, -0.1) is 0 Å². The van der Waals surface area contributed by atoms with E-state index >= 15 is 0 Å². The van der Waals surface area contributed by atoms with Crippen molar-refractivity contribution in [3.05, 3.63) is 122 Å². The van der Waals surface area contributed by atoms with Crippen molar-refractivity contribution in [1.29, 1.82) is 0 Å². The van der Waals surface area contributed by atoms with Gasteiger partial charge in [-0.2, -0.15) is 0 Å². The summed E-state index contributed by atoms with van der Waals surface area (Å²) in [6.07, 6.45) is 103. The number of likely N-dealkylation sites (N-methyl/N-ethyl adjacent to an activating group) is 1. The van der Waals surface area contributed by atoms with Gasteiger partial charge in [0, 0.05) is 12.8 Å². The van der Waals surface area contributed by atoms with Gasteiger partial charge in [0.1, 0.15) is 13.2 Å². The Balaban J connectivity index is 4.12. The molecule has 0 aromatic carbocycles. The minimum atomic E-state index is -1.64. The molecule has 0 radical (unpaired) electrons. The van der Waals surface area contributed by atoms with Crippen molar-refractivity contribution in [2.24, 2.45) is 0 Å². The molecule has 9 nitrogen and oxygen atoms in total. The van der Waals surface area contributed by atoms with Crippen LogP contribution >= 0.6 is 0 Å². The number of hydrogen-bond donors (Lipinski definition) is 0. The zero-order valence-corrected chi connectivity index (χ0v) is 61.8. The van der Waals surface area contributed by atoms with Crippen molar-refractivity contribution in [2.75, 3.05) is 47.5 Å². The van der Waals surface area contributed by atoms with E-state index in [1.54, 1.807) is 0 Å². The largest absolute Gasteiger partial charge is 0.545 e. The van der Waals surface area contributed by atoms with Crippen LogP contribution in [0.2, 0.25) is 0 Å². The van der Waals surface area contributed by atoms with Gasteiger partial charge >= 0.3 is 11.9 Å². The molecule has 540 valence electrons. The van der Waals surface area contributed by atoms with Gasteiger partial charge < -0.3 is 33.3 Å². The van der Waals surface area contributed by atoms with Gasteiger partial charge in [-0.1, -0.05) is 360 Å². The fourth-order valence-electron chi connectivity index (χ4n) is 11.0. The summed E-state index contributed by atoms with van der Waals surface area (Å²) in [5.41, 5.74) is 0. The average molecular weight is 1310 g/mol. The molecule has 0 aliphatic rings. The first-order valence-corrected chi connectivity index (χ1v) is 39.2. The number of rotatable bonds is 72. The van der Waals surface area contributed by atoms with Crippen molar-refractivity contribution in [3.63, 3.8) is 0 Å². The average Bonchev–Trinajstić information content (AvgIpc) is 3.35. The second-order valence-corrected chi connectivity index (χ2v) is 27.3. The highest BCUT2D eigenvalue weighted by Crippen LogP contribution is 2.19. The van der Waals surface area contributed by atoms with Gasteiger partial charge in [0.25, 0.3) is 0 Å². The highest BCUT2D eigenvalue weighted by Gasteiger charge is 2.22. The first kappa shape index (κ1) is 89.7. The number of hydrogen-bond acceptors (Lipinski definition) is 8. The first-order chi connectivity index (χ1) is 46.1. The van der Waals surface area contributed by atoms with E-state index in [0.717, 1.165) is 96.3 Å². The summed E-state index contributed by atoms with van der Waals surface area (Å²) in [7, 11) is 5.92. The summed E-state index contributed by atoms with van der Waals surface area (Å²) in [5, 5.41) is 11.8. The maximum Gasteiger partial charge on any atom is 0.306 e. The van der Waals surface area contributed by atoms with Gasteiger partial charge in [0.2, 0.25) is 0 Å². The van der Waals surface area contributed by atoms with E-state index < -0.39 is 24.3 Å². The molecule has 0 saturated heterocycles. The predicted octanol–water partition coefficient (Wildman–Crippen LogP) is 23.8. The number of unbranched alkanes of at least 4 members (excludes halogenated alkanes) is 37. The first-order valence-electron chi connectivity index (χ1n) is 39.2. The fourth-order valence-corrected chi connectivity index (χ4v) is 11.0. The molecular formula is C85H147NO8. The number of nitrogens with zero attached hydrogens (tertiary/aromatic N) is 1. The number of esters is 2. The van der Waals surface area contributed by atoms with E-state index in [-0.39, 0.29) is 38.6 Å². The molecule has 0 saturated carbocycles. The van der Waals surface area contributed by atoms with E-state index in [4.69, 9.17) is 18.9 Å². The second-order valence-electron chi connectivity index (χ2n) is 27.3. The monoisotopic (exact) mass is 1310 g/mol. The standard InChI is InChI=1S/C85H147NO8/c1-6-8-10-12-14-16-18-20-22-24-26-28-30-32-34-36-38-40-41-42-44-45-47-49-51-53-55-57-59-61-63-65-67-69-71-73-75-82(87)92-79-81(80-93-85(84(89)90)91-78-77-86(3,4)5)94-83(88)76-74-72-70-68-66-64-62-60-58-56-54-52-50-48-46-43-39-37-35-33-31-29-27-25-23-21-19-17-15-13-11-9-7-2/h9,11,15,17,21,23,27,29,33,35,39,43,48,50,54,56,60,62,66,68,81,85H,6-8,10,12-14,16,18-20,22,24-26,28,30-32,34,36-38,40-42,44-47,49,51-53,55,57-59,61,63-65,67,69-80H2,1-5H3/b11-9-,17-15-,23-21-,29-27-,35-33-,43-39-,50-48-,56-54-,62-60-,68-66-. The minimum absolute atomic E-state index is 0.134. The summed E-state index contributed by atoms with van der Waals surface area (Å²) in [6.45, 7) is 4.62. The lowest BCUT2D eigenvalue weighted by Gasteiger charge is -2.26. The zero-order chi connectivity index (χ0) is 68.2. The Morgan fingerprint density at radius 3 is 0.904 bits per heavy atom. The van der Waals surface area contributed by atoms with Crippen molar-refractivity contribution < 1.29 is 42.9 Å². The van der Waals surface area contributed by atoms with Crippen molar-refractivity contribution >= 4 is 17.9 Å².